The highest BCUT2D eigenvalue weighted by molar-refractivity contribution is 4.98. The first-order chi connectivity index (χ1) is 7.28. The normalized spacial score (nSPS) is 34.8. The highest BCUT2D eigenvalue weighted by Crippen LogP contribution is 2.35. The molecule has 2 heteroatoms. The van der Waals surface area contributed by atoms with Crippen molar-refractivity contribution in [2.45, 2.75) is 69.9 Å². The van der Waals surface area contributed by atoms with Crippen LogP contribution in [0.15, 0.2) is 0 Å². The van der Waals surface area contributed by atoms with Crippen LogP contribution in [0, 0.1) is 5.92 Å². The standard InChI is InChI=1S/C13H25NO/c1-2-11-5-3-6-12(9-11)14-13(10-15)7-4-8-13/h11-12,14-15H,2-10H2,1H3. The van der Waals surface area contributed by atoms with Gasteiger partial charge >= 0.3 is 0 Å². The van der Waals surface area contributed by atoms with Crippen LogP contribution in [0.4, 0.5) is 0 Å². The Hall–Kier alpha value is -0.0800. The summed E-state index contributed by atoms with van der Waals surface area (Å²) in [6.07, 6.45) is 10.4. The van der Waals surface area contributed by atoms with Gasteiger partial charge in [0.1, 0.15) is 0 Å². The van der Waals surface area contributed by atoms with Crippen molar-refractivity contribution in [1.82, 2.24) is 5.32 Å². The van der Waals surface area contributed by atoms with Crippen LogP contribution in [0.25, 0.3) is 0 Å². The molecule has 0 heterocycles. The minimum atomic E-state index is 0.111. The fraction of sp³-hybridized carbons (Fsp3) is 1.00. The fourth-order valence-corrected chi connectivity index (χ4v) is 3.18. The molecule has 2 aliphatic rings. The smallest absolute Gasteiger partial charge is 0.0613 e. The number of hydrogen-bond acceptors (Lipinski definition) is 2. The Balaban J connectivity index is 1.82. The van der Waals surface area contributed by atoms with Gasteiger partial charge in [0, 0.05) is 11.6 Å². The van der Waals surface area contributed by atoms with Crippen LogP contribution in [0.3, 0.4) is 0 Å². The lowest BCUT2D eigenvalue weighted by Gasteiger charge is -2.45. The van der Waals surface area contributed by atoms with Crippen LogP contribution in [-0.4, -0.2) is 23.3 Å². The summed E-state index contributed by atoms with van der Waals surface area (Å²) in [4.78, 5) is 0. The SMILES string of the molecule is CCC1CCCC(NC2(CO)CCC2)C1. The Morgan fingerprint density at radius 3 is 2.60 bits per heavy atom. The molecular formula is C13H25NO. The van der Waals surface area contributed by atoms with Crippen molar-refractivity contribution in [3.05, 3.63) is 0 Å². The summed E-state index contributed by atoms with van der Waals surface area (Å²) < 4.78 is 0. The largest absolute Gasteiger partial charge is 0.394 e. The fourth-order valence-electron chi connectivity index (χ4n) is 3.18. The number of aliphatic hydroxyl groups excluding tert-OH is 1. The monoisotopic (exact) mass is 211 g/mol. The minimum absolute atomic E-state index is 0.111. The van der Waals surface area contributed by atoms with Gasteiger partial charge in [-0.3, -0.25) is 0 Å². The quantitative estimate of drug-likeness (QED) is 0.748. The van der Waals surface area contributed by atoms with E-state index in [2.05, 4.69) is 12.2 Å². The van der Waals surface area contributed by atoms with Crippen molar-refractivity contribution >= 4 is 0 Å². The lowest BCUT2D eigenvalue weighted by molar-refractivity contribution is 0.0657. The number of nitrogens with one attached hydrogen (secondary N) is 1. The molecule has 0 radical (unpaired) electrons. The molecule has 2 fully saturated rings. The summed E-state index contributed by atoms with van der Waals surface area (Å²) in [5.41, 5.74) is 0.111. The second-order valence-corrected chi connectivity index (χ2v) is 5.57. The molecular weight excluding hydrogens is 186 g/mol. The summed E-state index contributed by atoms with van der Waals surface area (Å²) in [6, 6.07) is 0.677. The van der Waals surface area contributed by atoms with Crippen LogP contribution in [0.2, 0.25) is 0 Å². The van der Waals surface area contributed by atoms with Crippen LogP contribution in [0.5, 0.6) is 0 Å². The molecule has 0 saturated heterocycles. The van der Waals surface area contributed by atoms with E-state index in [1.165, 1.54) is 51.4 Å². The van der Waals surface area contributed by atoms with E-state index in [0.29, 0.717) is 12.6 Å². The van der Waals surface area contributed by atoms with E-state index in [1.54, 1.807) is 0 Å². The highest BCUT2D eigenvalue weighted by Gasteiger charge is 2.38. The Morgan fingerprint density at radius 1 is 1.27 bits per heavy atom. The molecule has 0 aliphatic heterocycles. The third-order valence-electron chi connectivity index (χ3n) is 4.48. The molecule has 2 saturated carbocycles. The summed E-state index contributed by atoms with van der Waals surface area (Å²) in [5.74, 6) is 0.923. The van der Waals surface area contributed by atoms with Crippen molar-refractivity contribution in [2.75, 3.05) is 6.61 Å². The zero-order chi connectivity index (χ0) is 10.7. The maximum absolute atomic E-state index is 9.43. The highest BCUT2D eigenvalue weighted by atomic mass is 16.3. The van der Waals surface area contributed by atoms with Crippen molar-refractivity contribution in [2.24, 2.45) is 5.92 Å². The Kier molecular flexibility index (Phi) is 3.68. The molecule has 0 spiro atoms. The molecule has 0 aromatic carbocycles. The number of hydrogen-bond donors (Lipinski definition) is 2. The van der Waals surface area contributed by atoms with Gasteiger partial charge in [0.2, 0.25) is 0 Å². The predicted octanol–water partition coefficient (Wildman–Crippen LogP) is 2.46. The molecule has 2 nitrogen and oxygen atoms in total. The molecule has 2 atom stereocenters. The van der Waals surface area contributed by atoms with Gasteiger partial charge in [0.15, 0.2) is 0 Å². The van der Waals surface area contributed by atoms with Crippen LogP contribution in [-0.2, 0) is 0 Å². The summed E-state index contributed by atoms with van der Waals surface area (Å²) in [5, 5.41) is 13.2. The lowest BCUT2D eigenvalue weighted by Crippen LogP contribution is -2.58. The molecule has 0 amide bonds. The number of rotatable bonds is 4. The Morgan fingerprint density at radius 2 is 2.07 bits per heavy atom. The van der Waals surface area contributed by atoms with E-state index in [4.69, 9.17) is 0 Å². The zero-order valence-electron chi connectivity index (χ0n) is 9.97. The van der Waals surface area contributed by atoms with Gasteiger partial charge in [-0.2, -0.15) is 0 Å². The van der Waals surface area contributed by atoms with Gasteiger partial charge in [-0.15, -0.1) is 0 Å². The van der Waals surface area contributed by atoms with Gasteiger partial charge in [-0.1, -0.05) is 26.2 Å². The summed E-state index contributed by atoms with van der Waals surface area (Å²) >= 11 is 0. The molecule has 2 aliphatic carbocycles. The third-order valence-corrected chi connectivity index (χ3v) is 4.48. The van der Waals surface area contributed by atoms with E-state index in [9.17, 15) is 5.11 Å². The second kappa shape index (κ2) is 4.84. The first kappa shape index (κ1) is 11.4. The van der Waals surface area contributed by atoms with Gasteiger partial charge in [-0.25, -0.2) is 0 Å². The molecule has 2 rings (SSSR count). The minimum Gasteiger partial charge on any atom is -0.394 e. The van der Waals surface area contributed by atoms with Gasteiger partial charge in [0.05, 0.1) is 6.61 Å². The van der Waals surface area contributed by atoms with E-state index in [0.717, 1.165) is 5.92 Å². The van der Waals surface area contributed by atoms with Crippen molar-refractivity contribution in [3.63, 3.8) is 0 Å². The molecule has 0 aromatic heterocycles. The average Bonchev–Trinajstić information content (AvgIpc) is 2.24. The Bertz CT molecular complexity index is 195. The summed E-state index contributed by atoms with van der Waals surface area (Å²) in [7, 11) is 0. The molecule has 0 aromatic rings. The van der Waals surface area contributed by atoms with Crippen molar-refractivity contribution < 1.29 is 5.11 Å². The second-order valence-electron chi connectivity index (χ2n) is 5.57. The topological polar surface area (TPSA) is 32.3 Å². The van der Waals surface area contributed by atoms with Gasteiger partial charge in [-0.05, 0) is 38.0 Å². The molecule has 0 bridgehead atoms. The lowest BCUT2D eigenvalue weighted by atomic mass is 9.75. The molecule has 2 unspecified atom stereocenters. The molecule has 88 valence electrons. The van der Waals surface area contributed by atoms with E-state index < -0.39 is 0 Å². The van der Waals surface area contributed by atoms with Crippen LogP contribution >= 0.6 is 0 Å². The maximum Gasteiger partial charge on any atom is 0.0613 e. The third kappa shape index (κ3) is 2.54. The maximum atomic E-state index is 9.43. The molecule has 2 N–H and O–H groups in total. The van der Waals surface area contributed by atoms with E-state index in [1.807, 2.05) is 0 Å². The van der Waals surface area contributed by atoms with Crippen LogP contribution in [0.1, 0.15) is 58.3 Å². The van der Waals surface area contributed by atoms with Crippen molar-refractivity contribution in [3.8, 4) is 0 Å². The predicted molar refractivity (Wildman–Crippen MR) is 62.8 cm³/mol. The number of aliphatic hydroxyl groups is 1. The van der Waals surface area contributed by atoms with E-state index >= 15 is 0 Å². The first-order valence-electron chi connectivity index (χ1n) is 6.66. The molecule has 15 heavy (non-hydrogen) atoms. The van der Waals surface area contributed by atoms with Crippen LogP contribution < -0.4 is 5.32 Å². The van der Waals surface area contributed by atoms with E-state index in [-0.39, 0.29) is 5.54 Å². The van der Waals surface area contributed by atoms with Gasteiger partial charge < -0.3 is 10.4 Å². The van der Waals surface area contributed by atoms with Crippen molar-refractivity contribution in [1.29, 1.82) is 0 Å². The average molecular weight is 211 g/mol. The zero-order valence-corrected chi connectivity index (χ0v) is 9.97. The summed E-state index contributed by atoms with van der Waals surface area (Å²) in [6.45, 7) is 2.64. The first-order valence-corrected chi connectivity index (χ1v) is 6.66. The Labute approximate surface area is 93.5 Å². The van der Waals surface area contributed by atoms with Gasteiger partial charge in [0.25, 0.3) is 0 Å².